The molecule has 0 atom stereocenters. The first-order valence-corrected chi connectivity index (χ1v) is 8.61. The Labute approximate surface area is 157 Å². The number of benzene rings is 2. The molecule has 142 valence electrons. The van der Waals surface area contributed by atoms with Crippen molar-refractivity contribution in [3.05, 3.63) is 53.6 Å². The van der Waals surface area contributed by atoms with Gasteiger partial charge in [-0.2, -0.15) is 0 Å². The maximum atomic E-state index is 12.3. The van der Waals surface area contributed by atoms with Crippen molar-refractivity contribution >= 4 is 17.7 Å². The van der Waals surface area contributed by atoms with Crippen molar-refractivity contribution in [2.45, 2.75) is 13.0 Å². The molecule has 0 unspecified atom stereocenters. The number of nitrogens with one attached hydrogen (secondary N) is 1. The van der Waals surface area contributed by atoms with E-state index in [4.69, 9.17) is 14.2 Å². The average Bonchev–Trinajstić information content (AvgIpc) is 3.13. The molecule has 1 fully saturated rings. The van der Waals surface area contributed by atoms with Gasteiger partial charge in [0.15, 0.2) is 0 Å². The summed E-state index contributed by atoms with van der Waals surface area (Å²) in [4.78, 5) is 25.6. The van der Waals surface area contributed by atoms with Crippen LogP contribution >= 0.6 is 0 Å². The Bertz CT molecular complexity index is 837. The molecule has 0 saturated carbocycles. The van der Waals surface area contributed by atoms with Gasteiger partial charge >= 0.3 is 6.09 Å². The molecular formula is C20H22N2O5. The van der Waals surface area contributed by atoms with Crippen molar-refractivity contribution in [3.8, 4) is 11.5 Å². The second-order valence-corrected chi connectivity index (χ2v) is 6.07. The van der Waals surface area contributed by atoms with Gasteiger partial charge in [0.05, 0.1) is 27.2 Å². The summed E-state index contributed by atoms with van der Waals surface area (Å²) in [5.74, 6) is 1.16. The Morgan fingerprint density at radius 2 is 2.04 bits per heavy atom. The van der Waals surface area contributed by atoms with Gasteiger partial charge in [0.2, 0.25) is 5.91 Å². The van der Waals surface area contributed by atoms with Crippen molar-refractivity contribution in [1.82, 2.24) is 5.32 Å². The maximum absolute atomic E-state index is 12.3. The van der Waals surface area contributed by atoms with Gasteiger partial charge in [0.1, 0.15) is 18.1 Å². The highest BCUT2D eigenvalue weighted by molar-refractivity contribution is 5.89. The molecule has 2 amide bonds. The molecule has 3 rings (SSSR count). The van der Waals surface area contributed by atoms with E-state index in [9.17, 15) is 9.59 Å². The van der Waals surface area contributed by atoms with Gasteiger partial charge in [-0.05, 0) is 23.8 Å². The summed E-state index contributed by atoms with van der Waals surface area (Å²) < 4.78 is 15.4. The Morgan fingerprint density at radius 3 is 2.74 bits per heavy atom. The molecule has 1 aliphatic rings. The summed E-state index contributed by atoms with van der Waals surface area (Å²) in [6.45, 7) is 1.30. The van der Waals surface area contributed by atoms with E-state index in [0.717, 1.165) is 16.8 Å². The molecule has 1 N–H and O–H groups in total. The molecule has 0 radical (unpaired) electrons. The van der Waals surface area contributed by atoms with Crippen LogP contribution in [0.25, 0.3) is 0 Å². The highest BCUT2D eigenvalue weighted by atomic mass is 16.6. The van der Waals surface area contributed by atoms with Gasteiger partial charge in [-0.1, -0.05) is 18.2 Å². The number of hydrogen-bond acceptors (Lipinski definition) is 5. The molecule has 7 heteroatoms. The largest absolute Gasteiger partial charge is 0.497 e. The van der Waals surface area contributed by atoms with Crippen LogP contribution in [0.4, 0.5) is 10.5 Å². The number of carbonyl (C=O) groups excluding carboxylic acids is 2. The second-order valence-electron chi connectivity index (χ2n) is 6.07. The molecule has 1 heterocycles. The van der Waals surface area contributed by atoms with E-state index in [2.05, 4.69) is 5.32 Å². The highest BCUT2D eigenvalue weighted by Crippen LogP contribution is 2.25. The van der Waals surface area contributed by atoms with Crippen molar-refractivity contribution in [3.63, 3.8) is 0 Å². The zero-order valence-electron chi connectivity index (χ0n) is 15.4. The molecule has 0 bridgehead atoms. The van der Waals surface area contributed by atoms with E-state index in [0.29, 0.717) is 31.2 Å². The molecule has 1 saturated heterocycles. The first-order chi connectivity index (χ1) is 13.1. The highest BCUT2D eigenvalue weighted by Gasteiger charge is 2.23. The van der Waals surface area contributed by atoms with E-state index in [-0.39, 0.29) is 18.4 Å². The van der Waals surface area contributed by atoms with Crippen LogP contribution in [-0.4, -0.2) is 39.4 Å². The van der Waals surface area contributed by atoms with E-state index < -0.39 is 0 Å². The molecule has 0 aliphatic carbocycles. The first-order valence-electron chi connectivity index (χ1n) is 8.61. The zero-order chi connectivity index (χ0) is 19.2. The second kappa shape index (κ2) is 8.44. The molecule has 2 aromatic rings. The minimum absolute atomic E-state index is 0.121. The molecule has 2 aromatic carbocycles. The van der Waals surface area contributed by atoms with Crippen molar-refractivity contribution < 1.29 is 23.8 Å². The average molecular weight is 370 g/mol. The number of cyclic esters (lactones) is 1. The van der Waals surface area contributed by atoms with Crippen molar-refractivity contribution in [2.75, 3.05) is 32.3 Å². The van der Waals surface area contributed by atoms with Crippen LogP contribution in [0.1, 0.15) is 11.1 Å². The summed E-state index contributed by atoms with van der Waals surface area (Å²) in [7, 11) is 3.14. The maximum Gasteiger partial charge on any atom is 0.414 e. The predicted molar refractivity (Wildman–Crippen MR) is 100 cm³/mol. The predicted octanol–water partition coefficient (Wildman–Crippen LogP) is 2.52. The molecule has 27 heavy (non-hydrogen) atoms. The van der Waals surface area contributed by atoms with Crippen LogP contribution in [0.15, 0.2) is 42.5 Å². The van der Waals surface area contributed by atoms with Crippen LogP contribution in [0.5, 0.6) is 11.5 Å². The smallest absolute Gasteiger partial charge is 0.414 e. The number of ether oxygens (including phenoxy) is 3. The van der Waals surface area contributed by atoms with E-state index in [1.165, 1.54) is 0 Å². The lowest BCUT2D eigenvalue weighted by molar-refractivity contribution is -0.120. The third-order valence-corrected chi connectivity index (χ3v) is 4.32. The number of anilines is 1. The normalized spacial score (nSPS) is 13.3. The van der Waals surface area contributed by atoms with E-state index in [1.807, 2.05) is 30.3 Å². The number of carbonyl (C=O) groups is 2. The third-order valence-electron chi connectivity index (χ3n) is 4.32. The minimum Gasteiger partial charge on any atom is -0.497 e. The SMILES string of the molecule is COc1ccc(CC(=O)NCc2cccc(N3CCOC3=O)c2)c(OC)c1. The zero-order valence-corrected chi connectivity index (χ0v) is 15.4. The van der Waals surface area contributed by atoms with Crippen LogP contribution in [-0.2, 0) is 22.5 Å². The van der Waals surface area contributed by atoms with Gasteiger partial charge in [0, 0.05) is 23.9 Å². The number of hydrogen-bond donors (Lipinski definition) is 1. The Balaban J connectivity index is 1.60. The third kappa shape index (κ3) is 4.49. The Kier molecular flexibility index (Phi) is 5.80. The molecule has 0 aromatic heterocycles. The standard InChI is InChI=1S/C20H22N2O5/c1-25-17-7-6-15(18(12-17)26-2)11-19(23)21-13-14-4-3-5-16(10-14)22-8-9-27-20(22)24/h3-7,10,12H,8-9,11,13H2,1-2H3,(H,21,23). The van der Waals surface area contributed by atoms with Crippen LogP contribution in [0, 0.1) is 0 Å². The number of nitrogens with zero attached hydrogens (tertiary/aromatic N) is 1. The minimum atomic E-state index is -0.345. The van der Waals surface area contributed by atoms with E-state index >= 15 is 0 Å². The fourth-order valence-electron chi connectivity index (χ4n) is 2.90. The Morgan fingerprint density at radius 1 is 1.19 bits per heavy atom. The molecular weight excluding hydrogens is 348 g/mol. The molecule has 7 nitrogen and oxygen atoms in total. The lowest BCUT2D eigenvalue weighted by Gasteiger charge is -2.14. The van der Waals surface area contributed by atoms with Gasteiger partial charge < -0.3 is 19.5 Å². The lowest BCUT2D eigenvalue weighted by atomic mass is 10.1. The van der Waals surface area contributed by atoms with Gasteiger partial charge in [0.25, 0.3) is 0 Å². The van der Waals surface area contributed by atoms with Crippen LogP contribution in [0.3, 0.4) is 0 Å². The topological polar surface area (TPSA) is 77.1 Å². The fraction of sp³-hybridized carbons (Fsp3) is 0.300. The quantitative estimate of drug-likeness (QED) is 0.810. The fourth-order valence-corrected chi connectivity index (χ4v) is 2.90. The number of methoxy groups -OCH3 is 2. The number of rotatable bonds is 7. The number of amides is 2. The lowest BCUT2D eigenvalue weighted by Crippen LogP contribution is -2.26. The summed E-state index contributed by atoms with van der Waals surface area (Å²) in [6, 6.07) is 12.8. The molecule has 0 spiro atoms. The van der Waals surface area contributed by atoms with Gasteiger partial charge in [-0.25, -0.2) is 4.79 Å². The summed E-state index contributed by atoms with van der Waals surface area (Å²) in [5.41, 5.74) is 2.45. The van der Waals surface area contributed by atoms with Crippen molar-refractivity contribution in [1.29, 1.82) is 0 Å². The first kappa shape index (κ1) is 18.6. The van der Waals surface area contributed by atoms with Crippen LogP contribution in [0.2, 0.25) is 0 Å². The van der Waals surface area contributed by atoms with Crippen molar-refractivity contribution in [2.24, 2.45) is 0 Å². The summed E-state index contributed by atoms with van der Waals surface area (Å²) in [6.07, 6.45) is -0.145. The monoisotopic (exact) mass is 370 g/mol. The summed E-state index contributed by atoms with van der Waals surface area (Å²) in [5, 5.41) is 2.90. The molecule has 1 aliphatic heterocycles. The Hall–Kier alpha value is -3.22. The van der Waals surface area contributed by atoms with Crippen LogP contribution < -0.4 is 19.7 Å². The van der Waals surface area contributed by atoms with Gasteiger partial charge in [-0.15, -0.1) is 0 Å². The summed E-state index contributed by atoms with van der Waals surface area (Å²) >= 11 is 0. The van der Waals surface area contributed by atoms with E-state index in [1.54, 1.807) is 31.3 Å². The van der Waals surface area contributed by atoms with Gasteiger partial charge in [-0.3, -0.25) is 9.69 Å².